The highest BCUT2D eigenvalue weighted by Gasteiger charge is 2.25. The number of hydrogen-bond acceptors (Lipinski definition) is 11. The molecule has 204 valence electrons. The summed E-state index contributed by atoms with van der Waals surface area (Å²) >= 11 is 1.08. The fourth-order valence-electron chi connectivity index (χ4n) is 4.51. The number of anilines is 1. The third-order valence-electron chi connectivity index (χ3n) is 6.24. The minimum atomic E-state index is -0.630. The number of rotatable bonds is 8. The second-order valence-corrected chi connectivity index (χ2v) is 9.68. The number of ether oxygens (including phenoxy) is 3. The van der Waals surface area contributed by atoms with E-state index < -0.39 is 5.90 Å². The first kappa shape index (κ1) is 26.6. The van der Waals surface area contributed by atoms with Crippen molar-refractivity contribution in [2.24, 2.45) is 4.99 Å². The first-order valence-electron chi connectivity index (χ1n) is 12.0. The number of ketones is 1. The van der Waals surface area contributed by atoms with Crippen LogP contribution in [0.2, 0.25) is 0 Å². The van der Waals surface area contributed by atoms with Gasteiger partial charge in [0.1, 0.15) is 4.83 Å². The van der Waals surface area contributed by atoms with E-state index in [9.17, 15) is 9.90 Å². The van der Waals surface area contributed by atoms with Crippen LogP contribution in [0, 0.1) is 6.92 Å². The molecule has 0 aliphatic rings. The Morgan fingerprint density at radius 3 is 2.38 bits per heavy atom. The van der Waals surface area contributed by atoms with Crippen LogP contribution in [0.4, 0.5) is 11.6 Å². The molecule has 0 saturated carbocycles. The summed E-state index contributed by atoms with van der Waals surface area (Å²) in [6.07, 6.45) is 1.49. The fraction of sp³-hybridized carbons (Fsp3) is 0.179. The second kappa shape index (κ2) is 10.7. The number of benzene rings is 2. The van der Waals surface area contributed by atoms with E-state index in [0.717, 1.165) is 17.0 Å². The van der Waals surface area contributed by atoms with Crippen LogP contribution in [-0.2, 0) is 0 Å². The van der Waals surface area contributed by atoms with Crippen LogP contribution < -0.4 is 29.7 Å². The van der Waals surface area contributed by atoms with Gasteiger partial charge in [0.15, 0.2) is 17.3 Å². The van der Waals surface area contributed by atoms with E-state index in [2.05, 4.69) is 15.2 Å². The van der Waals surface area contributed by atoms with E-state index in [1.54, 1.807) is 19.1 Å². The molecule has 0 unspecified atom stereocenters. The van der Waals surface area contributed by atoms with Gasteiger partial charge in [-0.1, -0.05) is 18.2 Å². The Morgan fingerprint density at radius 2 is 1.77 bits per heavy atom. The van der Waals surface area contributed by atoms with Gasteiger partial charge in [0, 0.05) is 34.5 Å². The van der Waals surface area contributed by atoms with E-state index in [1.807, 2.05) is 30.3 Å². The average molecular weight is 560 g/mol. The monoisotopic (exact) mass is 559 g/mol. The summed E-state index contributed by atoms with van der Waals surface area (Å²) in [6, 6.07) is 12.7. The van der Waals surface area contributed by atoms with E-state index >= 15 is 0 Å². The molecule has 3 aromatic heterocycles. The summed E-state index contributed by atoms with van der Waals surface area (Å²) in [5.74, 6) is 0.343. The largest absolute Gasteiger partial charge is 0.857 e. The molecule has 0 amide bonds. The van der Waals surface area contributed by atoms with Gasteiger partial charge >= 0.3 is 5.88 Å². The third-order valence-corrected chi connectivity index (χ3v) is 7.33. The van der Waals surface area contributed by atoms with Crippen LogP contribution in [0.15, 0.2) is 58.2 Å². The van der Waals surface area contributed by atoms with Crippen molar-refractivity contribution in [3.8, 4) is 34.1 Å². The lowest BCUT2D eigenvalue weighted by molar-refractivity contribution is -0.670. The number of thiophene rings is 1. The van der Waals surface area contributed by atoms with Gasteiger partial charge in [0.25, 0.3) is 6.20 Å². The van der Waals surface area contributed by atoms with Gasteiger partial charge in [0.2, 0.25) is 16.7 Å². The van der Waals surface area contributed by atoms with Crippen molar-refractivity contribution < 1.29 is 33.3 Å². The molecule has 3 heterocycles. The summed E-state index contributed by atoms with van der Waals surface area (Å²) in [5, 5.41) is 17.7. The van der Waals surface area contributed by atoms with Crippen LogP contribution in [0.5, 0.6) is 17.2 Å². The van der Waals surface area contributed by atoms with Gasteiger partial charge in [-0.2, -0.15) is 0 Å². The highest BCUT2D eigenvalue weighted by Crippen LogP contribution is 2.47. The normalized spacial score (nSPS) is 11.6. The summed E-state index contributed by atoms with van der Waals surface area (Å²) < 4.78 is 23.2. The van der Waals surface area contributed by atoms with Crippen LogP contribution in [-0.4, -0.2) is 43.3 Å². The zero-order chi connectivity index (χ0) is 28.6. The van der Waals surface area contributed by atoms with E-state index in [4.69, 9.17) is 24.5 Å². The van der Waals surface area contributed by atoms with Crippen LogP contribution in [0.3, 0.4) is 0 Å². The van der Waals surface area contributed by atoms with Crippen molar-refractivity contribution >= 4 is 44.8 Å². The maximum atomic E-state index is 13.3. The molecule has 0 radical (unpaired) electrons. The van der Waals surface area contributed by atoms with Crippen molar-refractivity contribution in [3.05, 3.63) is 64.8 Å². The zero-order valence-electron chi connectivity index (χ0n) is 22.3. The van der Waals surface area contributed by atoms with Crippen molar-refractivity contribution in [1.29, 1.82) is 0 Å². The van der Waals surface area contributed by atoms with E-state index in [0.29, 0.717) is 49.8 Å². The number of fused-ring (bicyclic) bond motifs is 1. The number of para-hydroxylation sites is 1. The minimum Gasteiger partial charge on any atom is -0.857 e. The maximum absolute atomic E-state index is 13.3. The number of methoxy groups -OCH3 is 3. The first-order chi connectivity index (χ1) is 19.3. The SMILES string of the molecule is COc1cc(-c2c(C(C)=O)c(C)nc3sc(/C([O-])=N/c4c[n+](-c5ccccc5)no4)c(N)c23)cc(OC)c1OC. The molecule has 40 heavy (non-hydrogen) atoms. The van der Waals surface area contributed by atoms with Crippen molar-refractivity contribution in [2.45, 2.75) is 13.8 Å². The predicted octanol–water partition coefficient (Wildman–Crippen LogP) is 3.79. The summed E-state index contributed by atoms with van der Waals surface area (Å²) in [5.41, 5.74) is 9.40. The quantitative estimate of drug-likeness (QED) is 0.130. The van der Waals surface area contributed by atoms with Crippen LogP contribution in [0.1, 0.15) is 27.9 Å². The minimum absolute atomic E-state index is 0.00382. The van der Waals surface area contributed by atoms with Crippen molar-refractivity contribution in [2.75, 3.05) is 27.1 Å². The number of nitrogens with zero attached hydrogens (tertiary/aromatic N) is 4. The lowest BCUT2D eigenvalue weighted by Gasteiger charge is -2.17. The van der Waals surface area contributed by atoms with Gasteiger partial charge in [-0.15, -0.1) is 11.3 Å². The van der Waals surface area contributed by atoms with E-state index in [1.165, 1.54) is 39.1 Å². The van der Waals surface area contributed by atoms with Crippen LogP contribution in [0.25, 0.3) is 27.0 Å². The number of aromatic nitrogens is 3. The predicted molar refractivity (Wildman–Crippen MR) is 148 cm³/mol. The molecule has 0 atom stereocenters. The van der Waals surface area contributed by atoms with Gasteiger partial charge in [0.05, 0.1) is 37.6 Å². The Labute approximate surface area is 233 Å². The topological polar surface area (TPSA) is 149 Å². The smallest absolute Gasteiger partial charge is 0.321 e. The number of Topliss-reactive ketones (excluding diaryl/α,β-unsaturated/α-hetero) is 1. The Kier molecular flexibility index (Phi) is 7.09. The number of aliphatic imine (C=N–C) groups is 1. The molecule has 0 bridgehead atoms. The Hall–Kier alpha value is -4.97. The number of aryl methyl sites for hydroxylation is 1. The molecular formula is C28H25N5O6S. The summed E-state index contributed by atoms with van der Waals surface area (Å²) in [4.78, 5) is 22.2. The molecule has 0 saturated heterocycles. The van der Waals surface area contributed by atoms with Gasteiger partial charge < -0.3 is 25.1 Å². The standard InChI is InChI=1S/C28H25N5O6S/c1-14-21(15(2)34)22(16-11-18(36-3)25(38-5)19(12-16)37-4)23-24(29)26(40-28(23)30-14)27(35)31-20-13-33(32-39-20)17-9-7-6-8-10-17/h6-13H,1-5H3,(H2-,29,31,32,35). The third kappa shape index (κ3) is 4.58. The molecule has 11 nitrogen and oxygen atoms in total. The number of nitrogens with two attached hydrogens (primary N) is 1. The molecule has 0 fully saturated rings. The number of nitrogen functional groups attached to an aromatic ring is 1. The summed E-state index contributed by atoms with van der Waals surface area (Å²) in [6.45, 7) is 3.18. The lowest BCUT2D eigenvalue weighted by atomic mass is 9.93. The fourth-order valence-corrected chi connectivity index (χ4v) is 5.54. The maximum Gasteiger partial charge on any atom is 0.321 e. The van der Waals surface area contributed by atoms with Crippen LogP contribution >= 0.6 is 11.3 Å². The summed E-state index contributed by atoms with van der Waals surface area (Å²) in [7, 11) is 4.51. The second-order valence-electron chi connectivity index (χ2n) is 8.68. The molecule has 0 spiro atoms. The number of pyridine rings is 1. The average Bonchev–Trinajstić information content (AvgIpc) is 3.55. The molecule has 2 N–H and O–H groups in total. The molecule has 2 aromatic carbocycles. The Bertz CT molecular complexity index is 1750. The molecule has 5 rings (SSSR count). The molecular weight excluding hydrogens is 534 g/mol. The van der Waals surface area contributed by atoms with Crippen molar-refractivity contribution in [1.82, 2.24) is 10.3 Å². The lowest BCUT2D eigenvalue weighted by Crippen LogP contribution is -2.30. The molecule has 5 aromatic rings. The van der Waals surface area contributed by atoms with Crippen molar-refractivity contribution in [3.63, 3.8) is 0 Å². The molecule has 12 heteroatoms. The first-order valence-corrected chi connectivity index (χ1v) is 12.8. The van der Waals surface area contributed by atoms with Gasteiger partial charge in [-0.3, -0.25) is 9.32 Å². The zero-order valence-corrected chi connectivity index (χ0v) is 23.2. The molecule has 0 aliphatic heterocycles. The van der Waals surface area contributed by atoms with E-state index in [-0.39, 0.29) is 22.2 Å². The highest BCUT2D eigenvalue weighted by molar-refractivity contribution is 7.21. The molecule has 0 aliphatic carbocycles. The number of carbonyl (C=O) groups excluding carboxylic acids is 1. The van der Waals surface area contributed by atoms with Gasteiger partial charge in [-0.05, 0) is 36.2 Å². The Balaban J connectivity index is 1.70. The Morgan fingerprint density at radius 1 is 1.10 bits per heavy atom. The number of carbonyl (C=O) groups is 1. The van der Waals surface area contributed by atoms with Gasteiger partial charge in [-0.25, -0.2) is 9.98 Å². The number of hydrogen-bond donors (Lipinski definition) is 1. The highest BCUT2D eigenvalue weighted by atomic mass is 32.1.